The third kappa shape index (κ3) is 2.67. The summed E-state index contributed by atoms with van der Waals surface area (Å²) in [5, 5.41) is 5.87. The standard InChI is InChI=1S/C14H23NS/c1-10-12(7-8-16-10)13-6-5-11(13)9-15-14(2,3)4/h7-8,11,13,15H,5-6,9H2,1-4H3. The summed E-state index contributed by atoms with van der Waals surface area (Å²) in [6, 6.07) is 2.33. The Hall–Kier alpha value is -0.340. The molecule has 2 rings (SSSR count). The number of aryl methyl sites for hydroxylation is 1. The van der Waals surface area contributed by atoms with Crippen LogP contribution in [0.5, 0.6) is 0 Å². The molecule has 16 heavy (non-hydrogen) atoms. The number of hydrogen-bond donors (Lipinski definition) is 1. The van der Waals surface area contributed by atoms with Crippen molar-refractivity contribution in [2.45, 2.75) is 52.0 Å². The lowest BCUT2D eigenvalue weighted by atomic mass is 9.70. The Kier molecular flexibility index (Phi) is 3.41. The van der Waals surface area contributed by atoms with E-state index < -0.39 is 0 Å². The van der Waals surface area contributed by atoms with Crippen LogP contribution in [0.15, 0.2) is 11.4 Å². The highest BCUT2D eigenvalue weighted by Crippen LogP contribution is 2.44. The van der Waals surface area contributed by atoms with Gasteiger partial charge in [0, 0.05) is 10.4 Å². The van der Waals surface area contributed by atoms with E-state index in [1.165, 1.54) is 24.3 Å². The van der Waals surface area contributed by atoms with Crippen molar-refractivity contribution in [1.82, 2.24) is 5.32 Å². The van der Waals surface area contributed by atoms with E-state index in [4.69, 9.17) is 0 Å². The fraction of sp³-hybridized carbons (Fsp3) is 0.714. The quantitative estimate of drug-likeness (QED) is 0.839. The molecule has 0 aliphatic heterocycles. The van der Waals surface area contributed by atoms with E-state index in [2.05, 4.69) is 44.5 Å². The third-order valence-corrected chi connectivity index (χ3v) is 4.47. The largest absolute Gasteiger partial charge is 0.312 e. The Morgan fingerprint density at radius 2 is 2.12 bits per heavy atom. The summed E-state index contributed by atoms with van der Waals surface area (Å²) < 4.78 is 0. The second-order valence-corrected chi connectivity index (χ2v) is 7.13. The molecular formula is C14H23NS. The van der Waals surface area contributed by atoms with Gasteiger partial charge in [-0.15, -0.1) is 11.3 Å². The first-order valence-corrected chi connectivity index (χ1v) is 7.14. The maximum absolute atomic E-state index is 3.64. The van der Waals surface area contributed by atoms with Gasteiger partial charge in [-0.1, -0.05) is 0 Å². The lowest BCUT2D eigenvalue weighted by Crippen LogP contribution is -2.43. The van der Waals surface area contributed by atoms with Crippen LogP contribution in [-0.2, 0) is 0 Å². The van der Waals surface area contributed by atoms with Gasteiger partial charge in [0.2, 0.25) is 0 Å². The monoisotopic (exact) mass is 237 g/mol. The predicted molar refractivity (Wildman–Crippen MR) is 72.3 cm³/mol. The summed E-state index contributed by atoms with van der Waals surface area (Å²) in [7, 11) is 0. The van der Waals surface area contributed by atoms with Gasteiger partial charge in [0.05, 0.1) is 0 Å². The van der Waals surface area contributed by atoms with Crippen molar-refractivity contribution in [3.8, 4) is 0 Å². The summed E-state index contributed by atoms with van der Waals surface area (Å²) in [5.74, 6) is 1.67. The summed E-state index contributed by atoms with van der Waals surface area (Å²) in [4.78, 5) is 1.52. The minimum Gasteiger partial charge on any atom is -0.312 e. The highest BCUT2D eigenvalue weighted by Gasteiger charge is 2.33. The molecule has 0 bridgehead atoms. The molecule has 1 nitrogen and oxygen atoms in total. The van der Waals surface area contributed by atoms with Crippen molar-refractivity contribution in [3.63, 3.8) is 0 Å². The maximum atomic E-state index is 3.64. The summed E-state index contributed by atoms with van der Waals surface area (Å²) in [6.07, 6.45) is 2.77. The van der Waals surface area contributed by atoms with Crippen molar-refractivity contribution < 1.29 is 0 Å². The van der Waals surface area contributed by atoms with Crippen LogP contribution in [0.1, 0.15) is 50.0 Å². The van der Waals surface area contributed by atoms with E-state index in [0.29, 0.717) is 0 Å². The maximum Gasteiger partial charge on any atom is 0.00966 e. The molecule has 0 saturated heterocycles. The summed E-state index contributed by atoms with van der Waals surface area (Å²) in [5.41, 5.74) is 1.86. The zero-order chi connectivity index (χ0) is 11.8. The molecule has 90 valence electrons. The second kappa shape index (κ2) is 4.50. The molecule has 1 aliphatic carbocycles. The minimum atomic E-state index is 0.254. The molecule has 1 fully saturated rings. The van der Waals surface area contributed by atoms with E-state index in [1.54, 1.807) is 5.56 Å². The molecule has 1 saturated carbocycles. The molecule has 0 spiro atoms. The number of hydrogen-bond acceptors (Lipinski definition) is 2. The van der Waals surface area contributed by atoms with Crippen molar-refractivity contribution in [2.75, 3.05) is 6.54 Å². The molecule has 1 aliphatic rings. The van der Waals surface area contributed by atoms with Gasteiger partial charge >= 0.3 is 0 Å². The Morgan fingerprint density at radius 1 is 1.38 bits per heavy atom. The molecule has 2 heteroatoms. The van der Waals surface area contributed by atoms with Gasteiger partial charge < -0.3 is 5.32 Å². The van der Waals surface area contributed by atoms with Crippen LogP contribution in [-0.4, -0.2) is 12.1 Å². The summed E-state index contributed by atoms with van der Waals surface area (Å²) in [6.45, 7) is 10.2. The molecule has 1 N–H and O–H groups in total. The highest BCUT2D eigenvalue weighted by molar-refractivity contribution is 7.10. The minimum absolute atomic E-state index is 0.254. The third-order valence-electron chi connectivity index (χ3n) is 3.61. The van der Waals surface area contributed by atoms with E-state index in [9.17, 15) is 0 Å². The van der Waals surface area contributed by atoms with Gasteiger partial charge in [-0.3, -0.25) is 0 Å². The molecule has 1 aromatic rings. The van der Waals surface area contributed by atoms with Gasteiger partial charge in [-0.05, 0) is 75.9 Å². The Bertz CT molecular complexity index is 348. The SMILES string of the molecule is Cc1sccc1C1CCC1CNC(C)(C)C. The van der Waals surface area contributed by atoms with Crippen molar-refractivity contribution in [2.24, 2.45) is 5.92 Å². The van der Waals surface area contributed by atoms with Crippen LogP contribution in [0.2, 0.25) is 0 Å². The van der Waals surface area contributed by atoms with Gasteiger partial charge in [-0.2, -0.15) is 0 Å². The highest BCUT2D eigenvalue weighted by atomic mass is 32.1. The average Bonchev–Trinajstić information content (AvgIpc) is 2.48. The Morgan fingerprint density at radius 3 is 2.56 bits per heavy atom. The van der Waals surface area contributed by atoms with Gasteiger partial charge in [0.15, 0.2) is 0 Å². The second-order valence-electron chi connectivity index (χ2n) is 6.01. The molecular weight excluding hydrogens is 214 g/mol. The van der Waals surface area contributed by atoms with Crippen LogP contribution in [0.4, 0.5) is 0 Å². The Balaban J connectivity index is 1.92. The zero-order valence-corrected chi connectivity index (χ0v) is 11.7. The normalized spacial score (nSPS) is 25.5. The van der Waals surface area contributed by atoms with Crippen molar-refractivity contribution in [1.29, 1.82) is 0 Å². The van der Waals surface area contributed by atoms with Gasteiger partial charge in [0.1, 0.15) is 0 Å². The van der Waals surface area contributed by atoms with E-state index >= 15 is 0 Å². The van der Waals surface area contributed by atoms with Gasteiger partial charge in [-0.25, -0.2) is 0 Å². The van der Waals surface area contributed by atoms with Crippen LogP contribution in [0.25, 0.3) is 0 Å². The van der Waals surface area contributed by atoms with Crippen molar-refractivity contribution in [3.05, 3.63) is 21.9 Å². The van der Waals surface area contributed by atoms with Crippen LogP contribution in [0, 0.1) is 12.8 Å². The van der Waals surface area contributed by atoms with E-state index in [0.717, 1.165) is 11.8 Å². The molecule has 0 amide bonds. The number of rotatable bonds is 3. The fourth-order valence-electron chi connectivity index (χ4n) is 2.44. The Labute approximate surface area is 103 Å². The molecule has 0 radical (unpaired) electrons. The molecule has 2 unspecified atom stereocenters. The van der Waals surface area contributed by atoms with Crippen molar-refractivity contribution >= 4 is 11.3 Å². The van der Waals surface area contributed by atoms with Crippen LogP contribution in [0.3, 0.4) is 0 Å². The lowest BCUT2D eigenvalue weighted by molar-refractivity contribution is 0.225. The van der Waals surface area contributed by atoms with Crippen LogP contribution < -0.4 is 5.32 Å². The molecule has 1 heterocycles. The van der Waals surface area contributed by atoms with Gasteiger partial charge in [0.25, 0.3) is 0 Å². The molecule has 1 aromatic heterocycles. The van der Waals surface area contributed by atoms with E-state index in [-0.39, 0.29) is 5.54 Å². The first kappa shape index (κ1) is 12.1. The molecule has 0 aromatic carbocycles. The average molecular weight is 237 g/mol. The number of nitrogens with one attached hydrogen (secondary N) is 1. The fourth-order valence-corrected chi connectivity index (χ4v) is 3.21. The lowest BCUT2D eigenvalue weighted by Gasteiger charge is -2.39. The van der Waals surface area contributed by atoms with Crippen LogP contribution >= 0.6 is 11.3 Å². The predicted octanol–water partition coefficient (Wildman–Crippen LogP) is 3.94. The summed E-state index contributed by atoms with van der Waals surface area (Å²) >= 11 is 1.89. The first-order chi connectivity index (χ1) is 7.47. The van der Waals surface area contributed by atoms with E-state index in [1.807, 2.05) is 11.3 Å². The molecule has 2 atom stereocenters. The smallest absolute Gasteiger partial charge is 0.00966 e. The first-order valence-electron chi connectivity index (χ1n) is 6.26. The zero-order valence-electron chi connectivity index (χ0n) is 10.8. The topological polar surface area (TPSA) is 12.0 Å². The number of thiophene rings is 1.